The predicted octanol–water partition coefficient (Wildman–Crippen LogP) is 4.40. The number of fused-ring (bicyclic) bond motifs is 5. The molecule has 6 atom stereocenters. The lowest BCUT2D eigenvalue weighted by Crippen LogP contribution is -2.47. The third-order valence-corrected chi connectivity index (χ3v) is 8.16. The van der Waals surface area contributed by atoms with Crippen LogP contribution in [0.1, 0.15) is 69.4 Å². The van der Waals surface area contributed by atoms with Gasteiger partial charge in [-0.05, 0) is 84.5 Å². The molecule has 0 unspecified atom stereocenters. The average molecular weight is 394 g/mol. The maximum Gasteiger partial charge on any atom is 0.524 e. The van der Waals surface area contributed by atoms with Crippen molar-refractivity contribution in [2.75, 3.05) is 0 Å². The molecule has 2 saturated carbocycles. The van der Waals surface area contributed by atoms with Crippen LogP contribution in [0, 0.1) is 23.2 Å². The number of phosphoric ester groups is 1. The van der Waals surface area contributed by atoms with Gasteiger partial charge in [-0.3, -0.25) is 9.79 Å². The highest BCUT2D eigenvalue weighted by Crippen LogP contribution is 2.62. The molecule has 27 heavy (non-hydrogen) atoms. The molecule has 0 heterocycles. The van der Waals surface area contributed by atoms with Gasteiger partial charge in [0.2, 0.25) is 0 Å². The van der Waals surface area contributed by atoms with Crippen LogP contribution in [-0.4, -0.2) is 21.0 Å². The number of benzene rings is 1. The summed E-state index contributed by atoms with van der Waals surface area (Å²) in [5.74, 6) is 2.47. The number of aliphatic hydroxyl groups excluding tert-OH is 1. The molecule has 150 valence electrons. The maximum atomic E-state index is 11.2. The molecule has 4 rings (SSSR count). The van der Waals surface area contributed by atoms with Gasteiger partial charge in [-0.25, -0.2) is 4.57 Å². The Kier molecular flexibility index (Phi) is 4.95. The van der Waals surface area contributed by atoms with Crippen molar-refractivity contribution in [3.05, 3.63) is 29.3 Å². The molecular formula is C21H31O5P. The molecule has 2 fully saturated rings. The minimum Gasteiger partial charge on any atom is -0.404 e. The highest BCUT2D eigenvalue weighted by molar-refractivity contribution is 7.46. The van der Waals surface area contributed by atoms with E-state index in [1.165, 1.54) is 11.1 Å². The SMILES string of the molecule is CCC[C@@H]1Cc2cc(OP(=O)(O)O)ccc2[C@H]2CC[C@]3(C)[C@@H](O)CC[C@H]3[C@H]12. The summed E-state index contributed by atoms with van der Waals surface area (Å²) in [4.78, 5) is 18.2. The van der Waals surface area contributed by atoms with Gasteiger partial charge in [-0.15, -0.1) is 0 Å². The van der Waals surface area contributed by atoms with Crippen LogP contribution in [0.15, 0.2) is 18.2 Å². The van der Waals surface area contributed by atoms with Crippen LogP contribution in [0.2, 0.25) is 0 Å². The summed E-state index contributed by atoms with van der Waals surface area (Å²) in [5.41, 5.74) is 2.56. The van der Waals surface area contributed by atoms with Crippen LogP contribution in [0.5, 0.6) is 5.75 Å². The van der Waals surface area contributed by atoms with Crippen molar-refractivity contribution in [2.45, 2.75) is 70.8 Å². The van der Waals surface area contributed by atoms with Gasteiger partial charge in [0.25, 0.3) is 0 Å². The first kappa shape index (κ1) is 19.4. The highest BCUT2D eigenvalue weighted by atomic mass is 31.2. The summed E-state index contributed by atoms with van der Waals surface area (Å²) >= 11 is 0. The molecule has 5 nitrogen and oxygen atoms in total. The minimum absolute atomic E-state index is 0.0497. The Balaban J connectivity index is 1.70. The summed E-state index contributed by atoms with van der Waals surface area (Å²) in [5, 5.41) is 10.6. The van der Waals surface area contributed by atoms with Crippen LogP contribution in [0.3, 0.4) is 0 Å². The summed E-state index contributed by atoms with van der Waals surface area (Å²) in [6, 6.07) is 5.56. The molecule has 0 amide bonds. The van der Waals surface area contributed by atoms with Crippen molar-refractivity contribution < 1.29 is 24.0 Å². The van der Waals surface area contributed by atoms with Gasteiger partial charge in [-0.2, -0.15) is 0 Å². The van der Waals surface area contributed by atoms with E-state index in [2.05, 4.69) is 13.8 Å². The van der Waals surface area contributed by atoms with Gasteiger partial charge in [-0.1, -0.05) is 32.8 Å². The summed E-state index contributed by atoms with van der Waals surface area (Å²) < 4.78 is 16.0. The summed E-state index contributed by atoms with van der Waals surface area (Å²) in [7, 11) is -4.54. The first-order valence-corrected chi connectivity index (χ1v) is 11.8. The second kappa shape index (κ2) is 6.88. The number of phosphoric acid groups is 1. The van der Waals surface area contributed by atoms with Crippen LogP contribution in [-0.2, 0) is 11.0 Å². The van der Waals surface area contributed by atoms with Crippen LogP contribution < -0.4 is 4.52 Å². The number of rotatable bonds is 4. The molecule has 6 heteroatoms. The minimum atomic E-state index is -4.54. The van der Waals surface area contributed by atoms with E-state index in [0.717, 1.165) is 44.9 Å². The summed E-state index contributed by atoms with van der Waals surface area (Å²) in [6.45, 7) is 4.52. The molecular weight excluding hydrogens is 363 g/mol. The molecule has 0 aliphatic heterocycles. The third kappa shape index (κ3) is 3.37. The highest BCUT2D eigenvalue weighted by Gasteiger charge is 2.56. The topological polar surface area (TPSA) is 87.0 Å². The van der Waals surface area contributed by atoms with Gasteiger partial charge in [0.05, 0.1) is 6.10 Å². The van der Waals surface area contributed by atoms with E-state index >= 15 is 0 Å². The molecule has 0 bridgehead atoms. The lowest BCUT2D eigenvalue weighted by Gasteiger charge is -2.53. The smallest absolute Gasteiger partial charge is 0.404 e. The molecule has 3 aliphatic carbocycles. The van der Waals surface area contributed by atoms with E-state index in [4.69, 9.17) is 14.3 Å². The Bertz CT molecular complexity index is 759. The zero-order chi connectivity index (χ0) is 19.4. The normalized spacial score (nSPS) is 38.0. The molecule has 0 saturated heterocycles. The molecule has 0 aromatic heterocycles. The Morgan fingerprint density at radius 1 is 1.26 bits per heavy atom. The van der Waals surface area contributed by atoms with Crippen molar-refractivity contribution in [1.82, 2.24) is 0 Å². The molecule has 1 aromatic rings. The van der Waals surface area contributed by atoms with Crippen LogP contribution >= 0.6 is 7.82 Å². The van der Waals surface area contributed by atoms with E-state index in [9.17, 15) is 9.67 Å². The van der Waals surface area contributed by atoms with Crippen molar-refractivity contribution in [2.24, 2.45) is 23.2 Å². The van der Waals surface area contributed by atoms with Gasteiger partial charge in [0.15, 0.2) is 0 Å². The van der Waals surface area contributed by atoms with E-state index in [1.807, 2.05) is 12.1 Å². The second-order valence-electron chi connectivity index (χ2n) is 9.12. The van der Waals surface area contributed by atoms with Gasteiger partial charge in [0.1, 0.15) is 5.75 Å². The summed E-state index contributed by atoms with van der Waals surface area (Å²) in [6.07, 6.45) is 7.23. The fraction of sp³-hybridized carbons (Fsp3) is 0.714. The molecule has 3 aliphatic rings. The van der Waals surface area contributed by atoms with Gasteiger partial charge >= 0.3 is 7.82 Å². The molecule has 0 radical (unpaired) electrons. The lowest BCUT2D eigenvalue weighted by atomic mass is 9.52. The van der Waals surface area contributed by atoms with Crippen molar-refractivity contribution in [3.8, 4) is 5.75 Å². The number of hydrogen-bond acceptors (Lipinski definition) is 3. The standard InChI is InChI=1S/C21H31O5P/c1-3-4-13-11-14-12-15(26-27(23,24)25)5-6-16(14)17-9-10-21(2)18(20(13)17)7-8-19(21)22/h5-6,12-13,17-20,22H,3-4,7-11H2,1-2H3,(H2,23,24,25)/t13-,17-,18+,19+,20-,21+/m1/s1. The zero-order valence-corrected chi connectivity index (χ0v) is 17.1. The molecule has 3 N–H and O–H groups in total. The van der Waals surface area contributed by atoms with Gasteiger partial charge < -0.3 is 9.63 Å². The van der Waals surface area contributed by atoms with Gasteiger partial charge in [0, 0.05) is 0 Å². The zero-order valence-electron chi connectivity index (χ0n) is 16.2. The van der Waals surface area contributed by atoms with Crippen molar-refractivity contribution in [3.63, 3.8) is 0 Å². The molecule has 1 aromatic carbocycles. The lowest BCUT2D eigenvalue weighted by molar-refractivity contribution is -0.0394. The first-order valence-electron chi connectivity index (χ1n) is 10.3. The van der Waals surface area contributed by atoms with Crippen molar-refractivity contribution >= 4 is 7.82 Å². The average Bonchev–Trinajstić information content (AvgIpc) is 2.88. The fourth-order valence-electron chi connectivity index (χ4n) is 6.59. The number of hydrogen-bond donors (Lipinski definition) is 3. The Hall–Kier alpha value is -0.870. The largest absolute Gasteiger partial charge is 0.524 e. The monoisotopic (exact) mass is 394 g/mol. The second-order valence-corrected chi connectivity index (χ2v) is 10.3. The quantitative estimate of drug-likeness (QED) is 0.659. The van der Waals surface area contributed by atoms with E-state index in [0.29, 0.717) is 23.7 Å². The third-order valence-electron chi connectivity index (χ3n) is 7.71. The molecule has 0 spiro atoms. The van der Waals surface area contributed by atoms with E-state index in [-0.39, 0.29) is 17.3 Å². The Labute approximate surface area is 161 Å². The fourth-order valence-corrected chi connectivity index (χ4v) is 6.97. The predicted molar refractivity (Wildman–Crippen MR) is 104 cm³/mol. The van der Waals surface area contributed by atoms with E-state index < -0.39 is 7.82 Å². The van der Waals surface area contributed by atoms with Crippen LogP contribution in [0.25, 0.3) is 0 Å². The van der Waals surface area contributed by atoms with Crippen LogP contribution in [0.4, 0.5) is 0 Å². The Morgan fingerprint density at radius 3 is 2.74 bits per heavy atom. The Morgan fingerprint density at radius 2 is 2.04 bits per heavy atom. The van der Waals surface area contributed by atoms with E-state index in [1.54, 1.807) is 6.07 Å². The van der Waals surface area contributed by atoms with Crippen molar-refractivity contribution in [1.29, 1.82) is 0 Å². The first-order chi connectivity index (χ1) is 12.7. The number of aliphatic hydroxyl groups is 1. The maximum absolute atomic E-state index is 11.2.